The molecule has 5 rings (SSSR count). The summed E-state index contributed by atoms with van der Waals surface area (Å²) >= 11 is 0. The highest BCUT2D eigenvalue weighted by Gasteiger charge is 2.20. The van der Waals surface area contributed by atoms with Gasteiger partial charge in [-0.2, -0.15) is 10.2 Å². The molecule has 12 heteroatoms. The Bertz CT molecular complexity index is 1640. The van der Waals surface area contributed by atoms with Crippen LogP contribution in [-0.4, -0.2) is 43.8 Å². The monoisotopic (exact) mass is 539 g/mol. The summed E-state index contributed by atoms with van der Waals surface area (Å²) in [4.78, 5) is 13.4. The molecule has 0 fully saturated rings. The lowest BCUT2D eigenvalue weighted by atomic mass is 10.2. The predicted molar refractivity (Wildman–Crippen MR) is 134 cm³/mol. The highest BCUT2D eigenvalue weighted by atomic mass is 19.3. The Labute approximate surface area is 219 Å². The third kappa shape index (κ3) is 5.26. The van der Waals surface area contributed by atoms with Gasteiger partial charge in [-0.25, -0.2) is 26.9 Å². The van der Waals surface area contributed by atoms with E-state index in [0.29, 0.717) is 11.4 Å². The normalized spacial score (nSPS) is 11.2. The summed E-state index contributed by atoms with van der Waals surface area (Å²) in [5.41, 5.74) is 0.964. The van der Waals surface area contributed by atoms with Crippen molar-refractivity contribution in [3.63, 3.8) is 0 Å². The van der Waals surface area contributed by atoms with Gasteiger partial charge in [0.25, 0.3) is 11.9 Å². The van der Waals surface area contributed by atoms with E-state index in [1.807, 2.05) is 30.3 Å². The van der Waals surface area contributed by atoms with Crippen molar-refractivity contribution < 1.29 is 27.0 Å². The maximum Gasteiger partial charge on any atom is 0.272 e. The first-order valence-electron chi connectivity index (χ1n) is 11.8. The van der Waals surface area contributed by atoms with Crippen LogP contribution in [0, 0.1) is 11.6 Å². The fourth-order valence-electron chi connectivity index (χ4n) is 3.95. The van der Waals surface area contributed by atoms with Gasteiger partial charge in [-0.15, -0.1) is 0 Å². The zero-order chi connectivity index (χ0) is 27.5. The van der Waals surface area contributed by atoms with Crippen LogP contribution in [0.5, 0.6) is 11.5 Å². The molecule has 0 amide bonds. The van der Waals surface area contributed by atoms with Gasteiger partial charge in [0.1, 0.15) is 18.0 Å². The summed E-state index contributed by atoms with van der Waals surface area (Å²) in [7, 11) is 0. The minimum absolute atomic E-state index is 0.0132. The van der Waals surface area contributed by atoms with E-state index in [2.05, 4.69) is 10.2 Å². The van der Waals surface area contributed by atoms with Crippen LogP contribution in [0.3, 0.4) is 0 Å². The molecule has 0 unspecified atom stereocenters. The van der Waals surface area contributed by atoms with Crippen LogP contribution in [-0.2, 0) is 0 Å². The topological polar surface area (TPSA) is 76.1 Å². The molecule has 3 heterocycles. The molecule has 0 aliphatic heterocycles. The van der Waals surface area contributed by atoms with Crippen LogP contribution in [0.25, 0.3) is 28.5 Å². The smallest absolute Gasteiger partial charge is 0.272 e. The summed E-state index contributed by atoms with van der Waals surface area (Å²) < 4.78 is 68.3. The van der Waals surface area contributed by atoms with Crippen molar-refractivity contribution >= 4 is 0 Å². The molecule has 0 atom stereocenters. The van der Waals surface area contributed by atoms with E-state index in [1.54, 1.807) is 13.0 Å². The summed E-state index contributed by atoms with van der Waals surface area (Å²) in [5.74, 6) is -2.25. The van der Waals surface area contributed by atoms with Crippen molar-refractivity contribution in [3.05, 3.63) is 101 Å². The zero-order valence-corrected chi connectivity index (χ0v) is 20.5. The second kappa shape index (κ2) is 10.9. The third-order valence-corrected chi connectivity index (χ3v) is 5.66. The van der Waals surface area contributed by atoms with Crippen LogP contribution in [0.1, 0.15) is 6.92 Å². The molecule has 0 N–H and O–H groups in total. The van der Waals surface area contributed by atoms with Crippen molar-refractivity contribution in [2.24, 2.45) is 0 Å². The zero-order valence-electron chi connectivity index (χ0n) is 20.5. The summed E-state index contributed by atoms with van der Waals surface area (Å²) in [6, 6.07) is 15.0. The minimum atomic E-state index is -2.79. The fraction of sp³-hybridized carbons (Fsp3) is 0.148. The highest BCUT2D eigenvalue weighted by molar-refractivity contribution is 5.60. The summed E-state index contributed by atoms with van der Waals surface area (Å²) in [6.45, 7) is 0.936. The maximum absolute atomic E-state index is 13.6. The molecule has 39 heavy (non-hydrogen) atoms. The predicted octanol–water partition coefficient (Wildman–Crippen LogP) is 5.20. The molecular formula is C27H21F4N5O3. The fourth-order valence-corrected chi connectivity index (χ4v) is 3.95. The molecule has 0 radical (unpaired) electrons. The number of para-hydroxylation sites is 1. The van der Waals surface area contributed by atoms with Crippen LogP contribution in [0.2, 0.25) is 0 Å². The average molecular weight is 539 g/mol. The van der Waals surface area contributed by atoms with Gasteiger partial charge in [-0.1, -0.05) is 18.2 Å². The lowest BCUT2D eigenvalue weighted by Crippen LogP contribution is -2.19. The molecule has 200 valence electrons. The SMILES string of the molecule is CCOc1cn(-c2ccc(-n3cc(F)c(F)c3)cc2OCC(F)F)nc(-c2ccnn2-c2ccccc2)c1=O. The molecule has 5 aromatic rings. The Hall–Kier alpha value is -4.87. The van der Waals surface area contributed by atoms with Crippen molar-refractivity contribution in [2.45, 2.75) is 13.3 Å². The molecule has 2 aromatic carbocycles. The number of hydrogen-bond donors (Lipinski definition) is 0. The van der Waals surface area contributed by atoms with Gasteiger partial charge in [0.2, 0.25) is 0 Å². The van der Waals surface area contributed by atoms with Crippen LogP contribution < -0.4 is 14.9 Å². The Morgan fingerprint density at radius 1 is 0.897 bits per heavy atom. The second-order valence-corrected chi connectivity index (χ2v) is 8.23. The van der Waals surface area contributed by atoms with E-state index in [1.165, 1.54) is 40.0 Å². The highest BCUT2D eigenvalue weighted by Crippen LogP contribution is 2.29. The molecule has 3 aromatic heterocycles. The van der Waals surface area contributed by atoms with Crippen LogP contribution in [0.4, 0.5) is 17.6 Å². The largest absolute Gasteiger partial charge is 0.488 e. The van der Waals surface area contributed by atoms with Gasteiger partial charge in [0.05, 0.1) is 30.4 Å². The third-order valence-electron chi connectivity index (χ3n) is 5.66. The Kier molecular flexibility index (Phi) is 7.17. The molecule has 0 saturated heterocycles. The van der Waals surface area contributed by atoms with E-state index >= 15 is 0 Å². The minimum Gasteiger partial charge on any atom is -0.488 e. The molecule has 8 nitrogen and oxygen atoms in total. The van der Waals surface area contributed by atoms with Gasteiger partial charge >= 0.3 is 0 Å². The van der Waals surface area contributed by atoms with Gasteiger partial charge in [-0.05, 0) is 37.3 Å². The van der Waals surface area contributed by atoms with Crippen molar-refractivity contribution in [1.82, 2.24) is 24.1 Å². The summed E-state index contributed by atoms with van der Waals surface area (Å²) in [5, 5.41) is 8.81. The lowest BCUT2D eigenvalue weighted by molar-refractivity contribution is 0.0818. The van der Waals surface area contributed by atoms with Crippen LogP contribution >= 0.6 is 0 Å². The summed E-state index contributed by atoms with van der Waals surface area (Å²) in [6.07, 6.45) is 1.86. The number of benzene rings is 2. The number of nitrogens with zero attached hydrogens (tertiary/aromatic N) is 5. The number of hydrogen-bond acceptors (Lipinski definition) is 5. The first-order valence-corrected chi connectivity index (χ1v) is 11.8. The number of ether oxygens (including phenoxy) is 2. The molecule has 0 bridgehead atoms. The molecule has 0 aliphatic carbocycles. The number of alkyl halides is 2. The number of aromatic nitrogens is 5. The molecule has 0 aliphatic rings. The van der Waals surface area contributed by atoms with Gasteiger partial charge in [-0.3, -0.25) is 4.79 Å². The Morgan fingerprint density at radius 2 is 1.64 bits per heavy atom. The average Bonchev–Trinajstić information content (AvgIpc) is 3.55. The van der Waals surface area contributed by atoms with E-state index in [9.17, 15) is 22.4 Å². The lowest BCUT2D eigenvalue weighted by Gasteiger charge is -2.17. The molecular weight excluding hydrogens is 518 g/mol. The number of halogens is 4. The second-order valence-electron chi connectivity index (χ2n) is 8.23. The van der Waals surface area contributed by atoms with E-state index in [4.69, 9.17) is 9.47 Å². The van der Waals surface area contributed by atoms with E-state index in [-0.39, 0.29) is 35.2 Å². The van der Waals surface area contributed by atoms with E-state index < -0.39 is 30.1 Å². The Morgan fingerprint density at radius 3 is 2.33 bits per heavy atom. The van der Waals surface area contributed by atoms with Gasteiger partial charge in [0.15, 0.2) is 23.1 Å². The quantitative estimate of drug-likeness (QED) is 0.241. The first-order chi connectivity index (χ1) is 18.9. The van der Waals surface area contributed by atoms with Gasteiger partial charge in [0, 0.05) is 24.1 Å². The maximum atomic E-state index is 13.6. The molecule has 0 spiro atoms. The van der Waals surface area contributed by atoms with Crippen molar-refractivity contribution in [1.29, 1.82) is 0 Å². The van der Waals surface area contributed by atoms with Crippen molar-refractivity contribution in [3.8, 4) is 39.9 Å². The van der Waals surface area contributed by atoms with Gasteiger partial charge < -0.3 is 14.0 Å². The first kappa shape index (κ1) is 25.8. The molecule has 0 saturated carbocycles. The number of rotatable bonds is 9. The van der Waals surface area contributed by atoms with Crippen LogP contribution in [0.15, 0.2) is 84.2 Å². The van der Waals surface area contributed by atoms with E-state index in [0.717, 1.165) is 17.0 Å². The van der Waals surface area contributed by atoms with Crippen molar-refractivity contribution in [2.75, 3.05) is 13.2 Å². The standard InChI is InChI=1S/C27H21F4N5O3/c1-2-38-24-15-35(33-26(27(24)37)22-10-11-32-36(22)17-6-4-3-5-7-17)21-9-8-18(12-23(21)39-16-25(30)31)34-13-19(28)20(29)14-34/h3-15,25H,2,16H2,1H3. The Balaban J connectivity index is 1.67.